The van der Waals surface area contributed by atoms with Gasteiger partial charge in [-0.25, -0.2) is 9.78 Å². The van der Waals surface area contributed by atoms with Crippen molar-refractivity contribution in [2.45, 2.75) is 23.8 Å². The summed E-state index contributed by atoms with van der Waals surface area (Å²) in [6.07, 6.45) is 0.979. The molecule has 0 bridgehead atoms. The highest BCUT2D eigenvalue weighted by Gasteiger charge is 2.21. The number of nitro groups is 1. The molecule has 0 unspecified atom stereocenters. The Hall–Kier alpha value is -2.41. The molecular weight excluding hydrogens is 292 g/mol. The standard InChI is InChI=1S/C14H12N2O4S/c1-8-3-4-10(5-9(8)2)21-13-6-11(14(17)18)12(7-15-13)16(19)20/h3-7H,1-2H3,(H,17,18). The lowest BCUT2D eigenvalue weighted by atomic mass is 10.1. The summed E-state index contributed by atoms with van der Waals surface area (Å²) in [6, 6.07) is 7.04. The minimum absolute atomic E-state index is 0.360. The first-order valence-corrected chi connectivity index (χ1v) is 6.83. The lowest BCUT2D eigenvalue weighted by Gasteiger charge is -2.05. The molecule has 1 aromatic heterocycles. The summed E-state index contributed by atoms with van der Waals surface area (Å²) >= 11 is 1.27. The summed E-state index contributed by atoms with van der Waals surface area (Å²) in [5.74, 6) is -1.34. The quantitative estimate of drug-likeness (QED) is 0.686. The number of nitrogens with zero attached hydrogens (tertiary/aromatic N) is 2. The van der Waals surface area contributed by atoms with Crippen molar-refractivity contribution < 1.29 is 14.8 Å². The van der Waals surface area contributed by atoms with Gasteiger partial charge in [0, 0.05) is 4.90 Å². The van der Waals surface area contributed by atoms with Gasteiger partial charge in [-0.15, -0.1) is 0 Å². The van der Waals surface area contributed by atoms with Crippen molar-refractivity contribution in [3.05, 3.63) is 57.3 Å². The minimum Gasteiger partial charge on any atom is -0.477 e. The van der Waals surface area contributed by atoms with Gasteiger partial charge in [-0.3, -0.25) is 10.1 Å². The molecule has 0 fully saturated rings. The van der Waals surface area contributed by atoms with E-state index in [-0.39, 0.29) is 5.56 Å². The van der Waals surface area contributed by atoms with E-state index in [1.807, 2.05) is 32.0 Å². The molecule has 6 nitrogen and oxygen atoms in total. The average molecular weight is 304 g/mol. The first kappa shape index (κ1) is 15.0. The van der Waals surface area contributed by atoms with Gasteiger partial charge in [0.05, 0.1) is 4.92 Å². The fourth-order valence-electron chi connectivity index (χ4n) is 1.70. The summed E-state index contributed by atoms with van der Waals surface area (Å²) in [5.41, 5.74) is 1.40. The normalized spacial score (nSPS) is 10.4. The maximum absolute atomic E-state index is 11.1. The van der Waals surface area contributed by atoms with E-state index in [0.29, 0.717) is 5.03 Å². The lowest BCUT2D eigenvalue weighted by Crippen LogP contribution is -2.03. The second-order valence-electron chi connectivity index (χ2n) is 4.45. The molecule has 0 aliphatic carbocycles. The first-order chi connectivity index (χ1) is 9.88. The highest BCUT2D eigenvalue weighted by Crippen LogP contribution is 2.30. The van der Waals surface area contributed by atoms with Gasteiger partial charge in [0.15, 0.2) is 0 Å². The van der Waals surface area contributed by atoms with E-state index in [4.69, 9.17) is 5.11 Å². The number of hydrogen-bond acceptors (Lipinski definition) is 5. The number of aromatic nitrogens is 1. The van der Waals surface area contributed by atoms with Gasteiger partial charge in [-0.05, 0) is 43.2 Å². The van der Waals surface area contributed by atoms with Crippen molar-refractivity contribution in [3.63, 3.8) is 0 Å². The number of pyridine rings is 1. The Morgan fingerprint density at radius 2 is 2.00 bits per heavy atom. The van der Waals surface area contributed by atoms with Crippen LogP contribution in [-0.4, -0.2) is 21.0 Å². The fourth-order valence-corrected chi connectivity index (χ4v) is 2.60. The molecule has 1 heterocycles. The molecule has 108 valence electrons. The Balaban J connectivity index is 2.36. The van der Waals surface area contributed by atoms with E-state index in [9.17, 15) is 14.9 Å². The third-order valence-corrected chi connectivity index (χ3v) is 3.91. The number of carboxylic acid groups (broad SMARTS) is 1. The zero-order valence-corrected chi connectivity index (χ0v) is 12.2. The number of hydrogen-bond donors (Lipinski definition) is 1. The van der Waals surface area contributed by atoms with Crippen LogP contribution in [-0.2, 0) is 0 Å². The van der Waals surface area contributed by atoms with Crippen LogP contribution in [0.15, 0.2) is 40.4 Å². The predicted octanol–water partition coefficient (Wildman–Crippen LogP) is 3.46. The maximum Gasteiger partial charge on any atom is 0.342 e. The zero-order valence-electron chi connectivity index (χ0n) is 11.4. The van der Waals surface area contributed by atoms with Crippen LogP contribution in [0.4, 0.5) is 5.69 Å². The fraction of sp³-hybridized carbons (Fsp3) is 0.143. The molecule has 0 saturated carbocycles. The Bertz CT molecular complexity index is 731. The molecule has 0 amide bonds. The maximum atomic E-state index is 11.1. The third kappa shape index (κ3) is 3.38. The summed E-state index contributed by atoms with van der Waals surface area (Å²) < 4.78 is 0. The van der Waals surface area contributed by atoms with Gasteiger partial charge in [-0.2, -0.15) is 0 Å². The highest BCUT2D eigenvalue weighted by atomic mass is 32.2. The van der Waals surface area contributed by atoms with Crippen LogP contribution in [0.3, 0.4) is 0 Å². The average Bonchev–Trinajstić information content (AvgIpc) is 2.42. The molecule has 7 heteroatoms. The molecule has 2 rings (SSSR count). The van der Waals surface area contributed by atoms with Crippen LogP contribution in [0.5, 0.6) is 0 Å². The van der Waals surface area contributed by atoms with Gasteiger partial charge >= 0.3 is 11.7 Å². The van der Waals surface area contributed by atoms with Crippen LogP contribution >= 0.6 is 11.8 Å². The van der Waals surface area contributed by atoms with Crippen LogP contribution in [0.2, 0.25) is 0 Å². The van der Waals surface area contributed by atoms with E-state index in [1.54, 1.807) is 0 Å². The Morgan fingerprint density at radius 3 is 2.57 bits per heavy atom. The molecule has 21 heavy (non-hydrogen) atoms. The summed E-state index contributed by atoms with van der Waals surface area (Å²) in [6.45, 7) is 3.97. The van der Waals surface area contributed by atoms with Crippen molar-refractivity contribution in [2.24, 2.45) is 0 Å². The third-order valence-electron chi connectivity index (χ3n) is 2.99. The van der Waals surface area contributed by atoms with Crippen LogP contribution < -0.4 is 0 Å². The minimum atomic E-state index is -1.34. The number of carbonyl (C=O) groups is 1. The molecule has 0 spiro atoms. The summed E-state index contributed by atoms with van der Waals surface area (Å²) in [5, 5.41) is 20.2. The largest absolute Gasteiger partial charge is 0.477 e. The van der Waals surface area contributed by atoms with Crippen LogP contribution in [0, 0.1) is 24.0 Å². The number of aromatic carboxylic acids is 1. The monoisotopic (exact) mass is 304 g/mol. The number of carboxylic acids is 1. The molecular formula is C14H12N2O4S. The molecule has 1 N–H and O–H groups in total. The summed E-state index contributed by atoms with van der Waals surface area (Å²) in [7, 11) is 0. The van der Waals surface area contributed by atoms with Gasteiger partial charge in [0.1, 0.15) is 16.8 Å². The predicted molar refractivity (Wildman–Crippen MR) is 77.9 cm³/mol. The van der Waals surface area contributed by atoms with Crippen LogP contribution in [0.1, 0.15) is 21.5 Å². The highest BCUT2D eigenvalue weighted by molar-refractivity contribution is 7.99. The molecule has 0 atom stereocenters. The second kappa shape index (κ2) is 5.92. The molecule has 1 aromatic carbocycles. The van der Waals surface area contributed by atoms with E-state index in [1.165, 1.54) is 17.8 Å². The van der Waals surface area contributed by atoms with Gasteiger partial charge in [0.25, 0.3) is 0 Å². The van der Waals surface area contributed by atoms with Gasteiger partial charge in [-0.1, -0.05) is 17.8 Å². The molecule has 2 aromatic rings. The number of rotatable bonds is 4. The molecule has 0 aliphatic heterocycles. The van der Waals surface area contributed by atoms with Crippen molar-refractivity contribution >= 4 is 23.4 Å². The van der Waals surface area contributed by atoms with E-state index >= 15 is 0 Å². The van der Waals surface area contributed by atoms with E-state index in [0.717, 1.165) is 22.2 Å². The molecule has 0 aliphatic rings. The zero-order chi connectivity index (χ0) is 15.6. The lowest BCUT2D eigenvalue weighted by molar-refractivity contribution is -0.385. The SMILES string of the molecule is Cc1ccc(Sc2cc(C(=O)O)c([N+](=O)[O-])cn2)cc1C. The topological polar surface area (TPSA) is 93.3 Å². The number of benzene rings is 1. The Morgan fingerprint density at radius 1 is 1.29 bits per heavy atom. The van der Waals surface area contributed by atoms with Crippen molar-refractivity contribution in [3.8, 4) is 0 Å². The first-order valence-electron chi connectivity index (χ1n) is 6.01. The summed E-state index contributed by atoms with van der Waals surface area (Å²) in [4.78, 5) is 26.0. The Labute approximate surface area is 125 Å². The smallest absolute Gasteiger partial charge is 0.342 e. The number of aryl methyl sites for hydroxylation is 2. The van der Waals surface area contributed by atoms with Crippen LogP contribution in [0.25, 0.3) is 0 Å². The van der Waals surface area contributed by atoms with E-state index < -0.39 is 16.6 Å². The van der Waals surface area contributed by atoms with Crippen molar-refractivity contribution in [1.82, 2.24) is 4.98 Å². The molecule has 0 saturated heterocycles. The van der Waals surface area contributed by atoms with E-state index in [2.05, 4.69) is 4.98 Å². The Kier molecular flexibility index (Phi) is 4.23. The second-order valence-corrected chi connectivity index (χ2v) is 5.54. The molecule has 0 radical (unpaired) electrons. The van der Waals surface area contributed by atoms with Crippen molar-refractivity contribution in [1.29, 1.82) is 0 Å². The van der Waals surface area contributed by atoms with Gasteiger partial charge in [0.2, 0.25) is 0 Å². The van der Waals surface area contributed by atoms with Crippen molar-refractivity contribution in [2.75, 3.05) is 0 Å². The van der Waals surface area contributed by atoms with Gasteiger partial charge < -0.3 is 5.11 Å².